The van der Waals surface area contributed by atoms with Crippen molar-refractivity contribution < 1.29 is 14.6 Å². The Hall–Kier alpha value is -0.650. The molecule has 3 fully saturated rings. The van der Waals surface area contributed by atoms with E-state index in [-0.39, 0.29) is 29.9 Å². The van der Waals surface area contributed by atoms with Gasteiger partial charge in [-0.15, -0.1) is 24.0 Å². The zero-order valence-electron chi connectivity index (χ0n) is 16.4. The quantitative estimate of drug-likeness (QED) is 0.317. The smallest absolute Gasteiger partial charge is 0.236 e. The van der Waals surface area contributed by atoms with Gasteiger partial charge in [0.05, 0.1) is 31.9 Å². The Morgan fingerprint density at radius 2 is 1.78 bits per heavy atom. The molecule has 1 aliphatic carbocycles. The number of guanidine groups is 1. The molecular formula is C18H34IN5O3. The SMILES string of the molecule is CCNC(=NCC1(O)CCC1)N1CCN(CC(=O)N2CCOCC2)CC1.I. The van der Waals surface area contributed by atoms with Gasteiger partial charge in [-0.25, -0.2) is 0 Å². The van der Waals surface area contributed by atoms with Crippen LogP contribution in [0.15, 0.2) is 4.99 Å². The lowest BCUT2D eigenvalue weighted by atomic mass is 9.80. The third-order valence-corrected chi connectivity index (χ3v) is 5.54. The van der Waals surface area contributed by atoms with Crippen LogP contribution in [0.25, 0.3) is 0 Å². The first kappa shape index (κ1) is 22.6. The number of nitrogens with one attached hydrogen (secondary N) is 1. The Balaban J connectivity index is 0.00000261. The van der Waals surface area contributed by atoms with E-state index in [9.17, 15) is 9.90 Å². The molecule has 0 atom stereocenters. The summed E-state index contributed by atoms with van der Waals surface area (Å²) in [6.07, 6.45) is 2.80. The number of carbonyl (C=O) groups excluding carboxylic acids is 1. The van der Waals surface area contributed by atoms with Gasteiger partial charge in [-0.3, -0.25) is 14.7 Å². The highest BCUT2D eigenvalue weighted by Crippen LogP contribution is 2.31. The van der Waals surface area contributed by atoms with Crippen molar-refractivity contribution in [2.75, 3.05) is 72.1 Å². The second kappa shape index (κ2) is 10.8. The molecule has 27 heavy (non-hydrogen) atoms. The van der Waals surface area contributed by atoms with Crippen LogP contribution >= 0.6 is 24.0 Å². The highest BCUT2D eigenvalue weighted by atomic mass is 127. The lowest BCUT2D eigenvalue weighted by Crippen LogP contribution is -2.55. The van der Waals surface area contributed by atoms with Crippen molar-refractivity contribution in [2.24, 2.45) is 4.99 Å². The molecule has 2 N–H and O–H groups in total. The lowest BCUT2D eigenvalue weighted by molar-refractivity contribution is -0.136. The van der Waals surface area contributed by atoms with Crippen molar-refractivity contribution >= 4 is 35.8 Å². The first-order valence-corrected chi connectivity index (χ1v) is 9.93. The van der Waals surface area contributed by atoms with E-state index in [0.29, 0.717) is 39.4 Å². The second-order valence-electron chi connectivity index (χ2n) is 7.50. The van der Waals surface area contributed by atoms with Gasteiger partial charge in [0.25, 0.3) is 0 Å². The molecule has 0 bridgehead atoms. The highest BCUT2D eigenvalue weighted by Gasteiger charge is 2.34. The Labute approximate surface area is 179 Å². The maximum Gasteiger partial charge on any atom is 0.236 e. The number of piperazine rings is 1. The number of rotatable bonds is 5. The molecule has 8 nitrogen and oxygen atoms in total. The molecule has 0 spiro atoms. The van der Waals surface area contributed by atoms with Crippen LogP contribution in [-0.4, -0.2) is 109 Å². The van der Waals surface area contributed by atoms with Crippen LogP contribution in [-0.2, 0) is 9.53 Å². The van der Waals surface area contributed by atoms with E-state index in [1.54, 1.807) is 0 Å². The number of morpholine rings is 1. The van der Waals surface area contributed by atoms with Gasteiger partial charge in [0.15, 0.2) is 5.96 Å². The number of carbonyl (C=O) groups is 1. The summed E-state index contributed by atoms with van der Waals surface area (Å²) in [7, 11) is 0. The predicted octanol–water partition coefficient (Wildman–Crippen LogP) is -0.0387. The van der Waals surface area contributed by atoms with Gasteiger partial charge in [0.2, 0.25) is 5.91 Å². The second-order valence-corrected chi connectivity index (χ2v) is 7.50. The van der Waals surface area contributed by atoms with Gasteiger partial charge < -0.3 is 25.0 Å². The average molecular weight is 495 g/mol. The van der Waals surface area contributed by atoms with Gasteiger partial charge in [-0.05, 0) is 26.2 Å². The number of halogens is 1. The molecule has 0 unspecified atom stereocenters. The Morgan fingerprint density at radius 1 is 1.11 bits per heavy atom. The molecule has 2 heterocycles. The number of hydrogen-bond acceptors (Lipinski definition) is 5. The summed E-state index contributed by atoms with van der Waals surface area (Å²) in [6, 6.07) is 0. The molecule has 0 radical (unpaired) electrons. The monoisotopic (exact) mass is 495 g/mol. The first-order chi connectivity index (χ1) is 12.6. The van der Waals surface area contributed by atoms with Crippen LogP contribution in [0.3, 0.4) is 0 Å². The number of aliphatic imine (C=N–C) groups is 1. The van der Waals surface area contributed by atoms with Gasteiger partial charge in [-0.2, -0.15) is 0 Å². The van der Waals surface area contributed by atoms with Crippen LogP contribution in [0.2, 0.25) is 0 Å². The van der Waals surface area contributed by atoms with Crippen LogP contribution in [0.1, 0.15) is 26.2 Å². The Morgan fingerprint density at radius 3 is 2.33 bits per heavy atom. The van der Waals surface area contributed by atoms with Crippen molar-refractivity contribution in [3.05, 3.63) is 0 Å². The zero-order valence-corrected chi connectivity index (χ0v) is 18.7. The largest absolute Gasteiger partial charge is 0.388 e. The third kappa shape index (κ3) is 6.43. The van der Waals surface area contributed by atoms with Crippen molar-refractivity contribution in [1.82, 2.24) is 20.0 Å². The molecule has 2 aliphatic heterocycles. The summed E-state index contributed by atoms with van der Waals surface area (Å²) in [5.41, 5.74) is -0.590. The number of nitrogens with zero attached hydrogens (tertiary/aromatic N) is 4. The topological polar surface area (TPSA) is 80.6 Å². The number of ether oxygens (including phenoxy) is 1. The van der Waals surface area contributed by atoms with Crippen molar-refractivity contribution in [2.45, 2.75) is 31.8 Å². The van der Waals surface area contributed by atoms with E-state index in [1.165, 1.54) is 0 Å². The number of aliphatic hydroxyl groups is 1. The molecular weight excluding hydrogens is 461 g/mol. The Bertz CT molecular complexity index is 501. The van der Waals surface area contributed by atoms with Crippen molar-refractivity contribution in [3.8, 4) is 0 Å². The van der Waals surface area contributed by atoms with E-state index in [0.717, 1.165) is 57.9 Å². The lowest BCUT2D eigenvalue weighted by Gasteiger charge is -2.38. The van der Waals surface area contributed by atoms with Gasteiger partial charge in [0, 0.05) is 45.8 Å². The summed E-state index contributed by atoms with van der Waals surface area (Å²) in [5.74, 6) is 1.08. The molecule has 9 heteroatoms. The minimum Gasteiger partial charge on any atom is -0.388 e. The van der Waals surface area contributed by atoms with E-state index < -0.39 is 5.60 Å². The fourth-order valence-electron chi connectivity index (χ4n) is 3.61. The summed E-state index contributed by atoms with van der Waals surface area (Å²) in [6.45, 7) is 9.95. The van der Waals surface area contributed by atoms with Crippen molar-refractivity contribution in [1.29, 1.82) is 0 Å². The van der Waals surface area contributed by atoms with Crippen LogP contribution < -0.4 is 5.32 Å². The molecule has 1 amide bonds. The fourth-order valence-corrected chi connectivity index (χ4v) is 3.61. The van der Waals surface area contributed by atoms with E-state index in [2.05, 4.69) is 27.0 Å². The van der Waals surface area contributed by atoms with Crippen LogP contribution in [0.4, 0.5) is 0 Å². The van der Waals surface area contributed by atoms with Crippen LogP contribution in [0.5, 0.6) is 0 Å². The van der Waals surface area contributed by atoms with Crippen LogP contribution in [0, 0.1) is 0 Å². The summed E-state index contributed by atoms with van der Waals surface area (Å²) in [4.78, 5) is 23.4. The normalized spacial score (nSPS) is 23.4. The molecule has 0 aromatic rings. The molecule has 3 rings (SSSR count). The van der Waals surface area contributed by atoms with Crippen molar-refractivity contribution in [3.63, 3.8) is 0 Å². The summed E-state index contributed by atoms with van der Waals surface area (Å²) >= 11 is 0. The highest BCUT2D eigenvalue weighted by molar-refractivity contribution is 14.0. The van der Waals surface area contributed by atoms with Gasteiger partial charge in [0.1, 0.15) is 0 Å². The molecule has 1 saturated carbocycles. The maximum atomic E-state index is 12.4. The summed E-state index contributed by atoms with van der Waals surface area (Å²) < 4.78 is 5.31. The summed E-state index contributed by atoms with van der Waals surface area (Å²) in [5, 5.41) is 13.6. The fraction of sp³-hybridized carbons (Fsp3) is 0.889. The van der Waals surface area contributed by atoms with E-state index in [1.807, 2.05) is 4.90 Å². The molecule has 0 aromatic carbocycles. The zero-order chi connectivity index (χ0) is 18.4. The minimum absolute atomic E-state index is 0. The maximum absolute atomic E-state index is 12.4. The molecule has 2 saturated heterocycles. The predicted molar refractivity (Wildman–Crippen MR) is 116 cm³/mol. The number of hydrogen-bond donors (Lipinski definition) is 2. The Kier molecular flexibility index (Phi) is 9.03. The van der Waals surface area contributed by atoms with Gasteiger partial charge >= 0.3 is 0 Å². The third-order valence-electron chi connectivity index (χ3n) is 5.54. The molecule has 156 valence electrons. The molecule has 3 aliphatic rings. The minimum atomic E-state index is -0.590. The number of amides is 1. The van der Waals surface area contributed by atoms with Gasteiger partial charge in [-0.1, -0.05) is 0 Å². The standard InChI is InChI=1S/C18H33N5O3.HI/c1-2-19-17(20-15-18(25)4-3-5-18)23-8-6-21(7-9-23)14-16(24)22-10-12-26-13-11-22;/h25H,2-15H2,1H3,(H,19,20);1H. The average Bonchev–Trinajstić information content (AvgIpc) is 2.65. The molecule has 0 aromatic heterocycles. The van der Waals surface area contributed by atoms with E-state index >= 15 is 0 Å². The van der Waals surface area contributed by atoms with E-state index in [4.69, 9.17) is 4.74 Å². The first-order valence-electron chi connectivity index (χ1n) is 9.93.